The normalized spacial score (nSPS) is 10.1. The number of aryl methyl sites for hydroxylation is 1. The monoisotopic (exact) mass is 231 g/mol. The Morgan fingerprint density at radius 2 is 2.31 bits per heavy atom. The third kappa shape index (κ3) is 1.46. The van der Waals surface area contributed by atoms with Gasteiger partial charge in [0.2, 0.25) is 0 Å². The zero-order valence-corrected chi connectivity index (χ0v) is 9.72. The van der Waals surface area contributed by atoms with Crippen molar-refractivity contribution in [2.24, 2.45) is 0 Å². The van der Waals surface area contributed by atoms with Crippen molar-refractivity contribution in [2.45, 2.75) is 6.92 Å². The first-order chi connectivity index (χ1) is 7.69. The molecule has 3 nitrogen and oxygen atoms in total. The largest absolute Gasteiger partial charge is 0.465 e. The molecule has 1 heterocycles. The highest BCUT2D eigenvalue weighted by Crippen LogP contribution is 2.30. The molecule has 0 amide bonds. The van der Waals surface area contributed by atoms with Crippen molar-refractivity contribution in [2.75, 3.05) is 7.11 Å². The predicted molar refractivity (Wildman–Crippen MR) is 62.6 cm³/mol. The maximum atomic E-state index is 11.6. The second kappa shape index (κ2) is 3.95. The van der Waals surface area contributed by atoms with Crippen molar-refractivity contribution in [3.63, 3.8) is 0 Å². The number of carbonyl (C=O) groups is 1. The number of methoxy groups -OCH3 is 1. The fourth-order valence-corrected chi connectivity index (χ4v) is 2.65. The average molecular weight is 231 g/mol. The molecular formula is C12H9NO2S. The van der Waals surface area contributed by atoms with Gasteiger partial charge < -0.3 is 4.74 Å². The van der Waals surface area contributed by atoms with E-state index >= 15 is 0 Å². The molecule has 0 saturated heterocycles. The topological polar surface area (TPSA) is 50.1 Å². The molecule has 2 aromatic rings. The van der Waals surface area contributed by atoms with Crippen molar-refractivity contribution in [1.82, 2.24) is 0 Å². The fourth-order valence-electron chi connectivity index (χ4n) is 1.68. The second-order valence-corrected chi connectivity index (χ2v) is 4.30. The van der Waals surface area contributed by atoms with Gasteiger partial charge >= 0.3 is 5.97 Å². The smallest absolute Gasteiger partial charge is 0.338 e. The van der Waals surface area contributed by atoms with Gasteiger partial charge in [0.15, 0.2) is 0 Å². The third-order valence-corrected chi connectivity index (χ3v) is 3.39. The van der Waals surface area contributed by atoms with Crippen LogP contribution in [0.4, 0.5) is 0 Å². The third-order valence-electron chi connectivity index (χ3n) is 2.45. The molecule has 0 unspecified atom stereocenters. The number of nitrogens with zero attached hydrogens (tertiary/aromatic N) is 1. The van der Waals surface area contributed by atoms with Crippen LogP contribution in [0.2, 0.25) is 0 Å². The van der Waals surface area contributed by atoms with E-state index in [1.807, 2.05) is 18.4 Å². The summed E-state index contributed by atoms with van der Waals surface area (Å²) in [5.41, 5.74) is 1.96. The van der Waals surface area contributed by atoms with Gasteiger partial charge in [-0.2, -0.15) is 5.26 Å². The molecule has 0 atom stereocenters. The highest BCUT2D eigenvalue weighted by molar-refractivity contribution is 7.17. The molecule has 0 aliphatic carbocycles. The average Bonchev–Trinajstić information content (AvgIpc) is 2.75. The Morgan fingerprint density at radius 3 is 2.94 bits per heavy atom. The standard InChI is InChI=1S/C12H9NO2S/c1-7-5-9(12(14)15-2)8-3-4-16-11(8)10(7)6-13/h3-5H,1-2H3. The molecule has 0 aliphatic rings. The van der Waals surface area contributed by atoms with Gasteiger partial charge in [0.05, 0.1) is 22.9 Å². The summed E-state index contributed by atoms with van der Waals surface area (Å²) in [4.78, 5) is 11.6. The molecule has 0 aliphatic heterocycles. The van der Waals surface area contributed by atoms with Crippen LogP contribution in [-0.2, 0) is 4.74 Å². The summed E-state index contributed by atoms with van der Waals surface area (Å²) >= 11 is 1.46. The molecule has 4 heteroatoms. The van der Waals surface area contributed by atoms with Crippen LogP contribution in [0, 0.1) is 18.3 Å². The molecule has 0 spiro atoms. The molecule has 1 aromatic heterocycles. The molecule has 0 fully saturated rings. The molecular weight excluding hydrogens is 222 g/mol. The number of hydrogen-bond acceptors (Lipinski definition) is 4. The Kier molecular flexibility index (Phi) is 2.63. The summed E-state index contributed by atoms with van der Waals surface area (Å²) in [6.45, 7) is 1.82. The van der Waals surface area contributed by atoms with E-state index in [1.165, 1.54) is 18.4 Å². The van der Waals surface area contributed by atoms with E-state index in [9.17, 15) is 4.79 Å². The molecule has 0 radical (unpaired) electrons. The first-order valence-electron chi connectivity index (χ1n) is 4.68. The van der Waals surface area contributed by atoms with E-state index in [0.29, 0.717) is 11.1 Å². The van der Waals surface area contributed by atoms with Crippen LogP contribution in [-0.4, -0.2) is 13.1 Å². The van der Waals surface area contributed by atoms with E-state index < -0.39 is 0 Å². The molecule has 1 aromatic carbocycles. The van der Waals surface area contributed by atoms with Gasteiger partial charge in [0, 0.05) is 5.39 Å². The number of fused-ring (bicyclic) bond motifs is 1. The lowest BCUT2D eigenvalue weighted by Gasteiger charge is -2.05. The maximum Gasteiger partial charge on any atom is 0.338 e. The molecule has 0 saturated carbocycles. The predicted octanol–water partition coefficient (Wildman–Crippen LogP) is 2.87. The first-order valence-corrected chi connectivity index (χ1v) is 5.56. The molecule has 2 rings (SSSR count). The van der Waals surface area contributed by atoms with Crippen molar-refractivity contribution >= 4 is 27.4 Å². The van der Waals surface area contributed by atoms with Crippen LogP contribution < -0.4 is 0 Å². The lowest BCUT2D eigenvalue weighted by atomic mass is 10.0. The van der Waals surface area contributed by atoms with Crippen molar-refractivity contribution < 1.29 is 9.53 Å². The molecule has 80 valence electrons. The van der Waals surface area contributed by atoms with Gasteiger partial charge in [-0.05, 0) is 30.0 Å². The van der Waals surface area contributed by atoms with Gasteiger partial charge in [-0.15, -0.1) is 11.3 Å². The summed E-state index contributed by atoms with van der Waals surface area (Å²) in [5.74, 6) is -0.365. The van der Waals surface area contributed by atoms with Crippen LogP contribution in [0.15, 0.2) is 17.5 Å². The van der Waals surface area contributed by atoms with Crippen molar-refractivity contribution in [1.29, 1.82) is 5.26 Å². The van der Waals surface area contributed by atoms with Crippen LogP contribution in [0.1, 0.15) is 21.5 Å². The fraction of sp³-hybridized carbons (Fsp3) is 0.167. The van der Waals surface area contributed by atoms with Gasteiger partial charge in [-0.3, -0.25) is 0 Å². The number of ether oxygens (including phenoxy) is 1. The van der Waals surface area contributed by atoms with E-state index in [4.69, 9.17) is 10.00 Å². The quantitative estimate of drug-likeness (QED) is 0.709. The first kappa shape index (κ1) is 10.7. The minimum Gasteiger partial charge on any atom is -0.465 e. The van der Waals surface area contributed by atoms with Gasteiger partial charge in [-0.1, -0.05) is 0 Å². The Morgan fingerprint density at radius 1 is 1.56 bits per heavy atom. The zero-order chi connectivity index (χ0) is 11.7. The van der Waals surface area contributed by atoms with E-state index in [0.717, 1.165) is 15.6 Å². The summed E-state index contributed by atoms with van der Waals surface area (Å²) in [7, 11) is 1.36. The summed E-state index contributed by atoms with van der Waals surface area (Å²) in [6.07, 6.45) is 0. The Labute approximate surface area is 96.9 Å². The molecule has 0 bridgehead atoms. The van der Waals surface area contributed by atoms with Crippen LogP contribution in [0.3, 0.4) is 0 Å². The highest BCUT2D eigenvalue weighted by atomic mass is 32.1. The van der Waals surface area contributed by atoms with E-state index in [2.05, 4.69) is 6.07 Å². The minimum atomic E-state index is -0.365. The van der Waals surface area contributed by atoms with Crippen LogP contribution in [0.5, 0.6) is 0 Å². The number of nitriles is 1. The lowest BCUT2D eigenvalue weighted by Crippen LogP contribution is -2.02. The van der Waals surface area contributed by atoms with E-state index in [-0.39, 0.29) is 5.97 Å². The number of rotatable bonds is 1. The Hall–Kier alpha value is -1.86. The van der Waals surface area contributed by atoms with Gasteiger partial charge in [0.1, 0.15) is 6.07 Å². The maximum absolute atomic E-state index is 11.6. The van der Waals surface area contributed by atoms with Crippen LogP contribution >= 0.6 is 11.3 Å². The van der Waals surface area contributed by atoms with Gasteiger partial charge in [0.25, 0.3) is 0 Å². The molecule has 0 N–H and O–H groups in total. The second-order valence-electron chi connectivity index (χ2n) is 3.38. The number of hydrogen-bond donors (Lipinski definition) is 0. The number of thiophene rings is 1. The SMILES string of the molecule is COC(=O)c1cc(C)c(C#N)c2sccc12. The summed E-state index contributed by atoms with van der Waals surface area (Å²) in [5, 5.41) is 11.7. The van der Waals surface area contributed by atoms with Crippen molar-refractivity contribution in [3.8, 4) is 6.07 Å². The summed E-state index contributed by atoms with van der Waals surface area (Å²) in [6, 6.07) is 5.71. The van der Waals surface area contributed by atoms with Crippen LogP contribution in [0.25, 0.3) is 10.1 Å². The zero-order valence-electron chi connectivity index (χ0n) is 8.90. The van der Waals surface area contributed by atoms with Crippen molar-refractivity contribution in [3.05, 3.63) is 34.2 Å². The Bertz CT molecular complexity index is 607. The number of benzene rings is 1. The van der Waals surface area contributed by atoms with E-state index in [1.54, 1.807) is 6.07 Å². The minimum absolute atomic E-state index is 0.365. The lowest BCUT2D eigenvalue weighted by molar-refractivity contribution is 0.0603. The Balaban J connectivity index is 2.84. The highest BCUT2D eigenvalue weighted by Gasteiger charge is 2.15. The number of esters is 1. The summed E-state index contributed by atoms with van der Waals surface area (Å²) < 4.78 is 5.57. The van der Waals surface area contributed by atoms with Gasteiger partial charge in [-0.25, -0.2) is 4.79 Å². The molecule has 16 heavy (non-hydrogen) atoms. The number of carbonyl (C=O) groups excluding carboxylic acids is 1.